The zero-order valence-corrected chi connectivity index (χ0v) is 11.7. The van der Waals surface area contributed by atoms with Crippen LogP contribution in [-0.2, 0) is 0 Å². The number of hydrogen-bond acceptors (Lipinski definition) is 2. The number of ether oxygens (including phenoxy) is 1. The first kappa shape index (κ1) is 12.9. The molecule has 0 spiro atoms. The fourth-order valence-corrected chi connectivity index (χ4v) is 2.87. The number of hydrogen-bond donors (Lipinski definition) is 1. The van der Waals surface area contributed by atoms with Crippen molar-refractivity contribution < 1.29 is 4.74 Å². The summed E-state index contributed by atoms with van der Waals surface area (Å²) >= 11 is 0. The van der Waals surface area contributed by atoms with Crippen molar-refractivity contribution in [2.24, 2.45) is 5.73 Å². The molecule has 2 aromatic rings. The van der Waals surface area contributed by atoms with Gasteiger partial charge in [-0.3, -0.25) is 0 Å². The van der Waals surface area contributed by atoms with Crippen LogP contribution in [0.4, 0.5) is 0 Å². The van der Waals surface area contributed by atoms with Gasteiger partial charge in [0, 0.05) is 17.0 Å². The van der Waals surface area contributed by atoms with E-state index in [0.717, 1.165) is 22.4 Å². The Morgan fingerprint density at radius 3 is 2.65 bits per heavy atom. The van der Waals surface area contributed by atoms with Crippen LogP contribution in [0.15, 0.2) is 61.2 Å². The summed E-state index contributed by atoms with van der Waals surface area (Å²) in [6.07, 6.45) is 1.93. The molecule has 1 heterocycles. The van der Waals surface area contributed by atoms with Crippen LogP contribution in [0.5, 0.6) is 5.75 Å². The molecule has 0 bridgehead atoms. The van der Waals surface area contributed by atoms with E-state index in [1.165, 1.54) is 0 Å². The first-order chi connectivity index (χ1) is 9.63. The lowest BCUT2D eigenvalue weighted by Gasteiger charge is -2.38. The van der Waals surface area contributed by atoms with Crippen molar-refractivity contribution in [3.63, 3.8) is 0 Å². The maximum Gasteiger partial charge on any atom is 0.131 e. The summed E-state index contributed by atoms with van der Waals surface area (Å²) in [6.45, 7) is 6.46. The van der Waals surface area contributed by atoms with Crippen LogP contribution in [0.1, 0.15) is 18.4 Å². The maximum atomic E-state index is 6.34. The second-order valence-electron chi connectivity index (χ2n) is 5.60. The van der Waals surface area contributed by atoms with E-state index < -0.39 is 5.54 Å². The third-order valence-electron chi connectivity index (χ3n) is 3.94. The molecule has 2 atom stereocenters. The zero-order valence-electron chi connectivity index (χ0n) is 11.7. The quantitative estimate of drug-likeness (QED) is 0.840. The van der Waals surface area contributed by atoms with Crippen LogP contribution in [-0.4, -0.2) is 12.1 Å². The van der Waals surface area contributed by atoms with E-state index in [0.29, 0.717) is 6.61 Å². The van der Waals surface area contributed by atoms with E-state index in [1.54, 1.807) is 0 Å². The average Bonchev–Trinajstić information content (AvgIpc) is 2.46. The van der Waals surface area contributed by atoms with Crippen LogP contribution >= 0.6 is 0 Å². The van der Waals surface area contributed by atoms with Gasteiger partial charge in [-0.05, 0) is 12.5 Å². The fourth-order valence-electron chi connectivity index (χ4n) is 2.87. The standard InChI is InChI=1S/C18H19NO/c1-3-16-15-11-7-10-14(13-8-5-4-6-9-13)17(15)20-12-18(16,2)19/h3-11,16H,1,12,19H2,2H3/t16-,18+/m0/s1. The van der Waals surface area contributed by atoms with Crippen LogP contribution in [0, 0.1) is 0 Å². The molecule has 2 nitrogen and oxygen atoms in total. The summed E-state index contributed by atoms with van der Waals surface area (Å²) in [5.74, 6) is 1.04. The second-order valence-corrected chi connectivity index (χ2v) is 5.60. The molecule has 0 fully saturated rings. The smallest absolute Gasteiger partial charge is 0.131 e. The molecule has 20 heavy (non-hydrogen) atoms. The summed E-state index contributed by atoms with van der Waals surface area (Å²) in [6, 6.07) is 16.5. The van der Waals surface area contributed by atoms with Crippen molar-refractivity contribution >= 4 is 0 Å². The van der Waals surface area contributed by atoms with Crippen molar-refractivity contribution in [3.8, 4) is 16.9 Å². The Kier molecular flexibility index (Phi) is 3.11. The van der Waals surface area contributed by atoms with Gasteiger partial charge in [-0.1, -0.05) is 54.6 Å². The number of benzene rings is 2. The van der Waals surface area contributed by atoms with E-state index in [1.807, 2.05) is 31.2 Å². The average molecular weight is 265 g/mol. The van der Waals surface area contributed by atoms with Gasteiger partial charge in [0.25, 0.3) is 0 Å². The van der Waals surface area contributed by atoms with Gasteiger partial charge in [0.1, 0.15) is 12.4 Å². The number of rotatable bonds is 2. The van der Waals surface area contributed by atoms with Crippen LogP contribution < -0.4 is 10.5 Å². The molecule has 3 rings (SSSR count). The zero-order chi connectivity index (χ0) is 14.2. The lowest BCUT2D eigenvalue weighted by atomic mass is 9.78. The van der Waals surface area contributed by atoms with Gasteiger partial charge in [-0.25, -0.2) is 0 Å². The van der Waals surface area contributed by atoms with E-state index in [9.17, 15) is 0 Å². The summed E-state index contributed by atoms with van der Waals surface area (Å²) in [4.78, 5) is 0. The number of para-hydroxylation sites is 1. The molecule has 0 saturated carbocycles. The lowest BCUT2D eigenvalue weighted by Crippen LogP contribution is -2.49. The predicted octanol–water partition coefficient (Wildman–Crippen LogP) is 3.73. The van der Waals surface area contributed by atoms with Crippen LogP contribution in [0.3, 0.4) is 0 Å². The van der Waals surface area contributed by atoms with Crippen LogP contribution in [0.2, 0.25) is 0 Å². The molecule has 2 N–H and O–H groups in total. The second kappa shape index (κ2) is 4.80. The molecule has 0 unspecified atom stereocenters. The molecule has 0 amide bonds. The predicted molar refractivity (Wildman–Crippen MR) is 82.9 cm³/mol. The SMILES string of the molecule is C=C[C@H]1c2cccc(-c3ccccc3)c2OC[C@@]1(C)N. The van der Waals surface area contributed by atoms with Gasteiger partial charge in [-0.2, -0.15) is 0 Å². The largest absolute Gasteiger partial charge is 0.491 e. The summed E-state index contributed by atoms with van der Waals surface area (Å²) in [5.41, 5.74) is 9.33. The van der Waals surface area contributed by atoms with Crippen molar-refractivity contribution in [1.82, 2.24) is 0 Å². The molecule has 0 saturated heterocycles. The summed E-state index contributed by atoms with van der Waals surface area (Å²) in [7, 11) is 0. The minimum Gasteiger partial charge on any atom is -0.491 e. The topological polar surface area (TPSA) is 35.2 Å². The first-order valence-corrected chi connectivity index (χ1v) is 6.86. The van der Waals surface area contributed by atoms with Crippen LogP contribution in [0.25, 0.3) is 11.1 Å². The Labute approximate surface area is 119 Å². The fraction of sp³-hybridized carbons (Fsp3) is 0.222. The van der Waals surface area contributed by atoms with Gasteiger partial charge in [0.15, 0.2) is 0 Å². The Balaban J connectivity index is 2.17. The van der Waals surface area contributed by atoms with Crippen molar-refractivity contribution in [3.05, 3.63) is 66.7 Å². The third kappa shape index (κ3) is 2.02. The minimum absolute atomic E-state index is 0.106. The highest BCUT2D eigenvalue weighted by molar-refractivity contribution is 5.73. The van der Waals surface area contributed by atoms with Gasteiger partial charge in [0.05, 0.1) is 5.54 Å². The maximum absolute atomic E-state index is 6.34. The molecule has 2 aromatic carbocycles. The Bertz CT molecular complexity index is 631. The van der Waals surface area contributed by atoms with Crippen molar-refractivity contribution in [2.75, 3.05) is 6.61 Å². The highest BCUT2D eigenvalue weighted by Crippen LogP contribution is 2.44. The molecule has 0 aliphatic carbocycles. The van der Waals surface area contributed by atoms with E-state index in [2.05, 4.69) is 36.9 Å². The molecule has 1 aliphatic rings. The molecule has 0 radical (unpaired) electrons. The van der Waals surface area contributed by atoms with Crippen molar-refractivity contribution in [1.29, 1.82) is 0 Å². The Hall–Kier alpha value is -2.06. The molecular weight excluding hydrogens is 246 g/mol. The molecule has 1 aliphatic heterocycles. The van der Waals surface area contributed by atoms with Gasteiger partial charge in [-0.15, -0.1) is 6.58 Å². The van der Waals surface area contributed by atoms with E-state index in [4.69, 9.17) is 10.5 Å². The van der Waals surface area contributed by atoms with Gasteiger partial charge < -0.3 is 10.5 Å². The Morgan fingerprint density at radius 1 is 1.20 bits per heavy atom. The molecule has 2 heteroatoms. The summed E-state index contributed by atoms with van der Waals surface area (Å²) < 4.78 is 5.98. The highest BCUT2D eigenvalue weighted by Gasteiger charge is 2.37. The normalized spacial score (nSPS) is 24.6. The number of nitrogens with two attached hydrogens (primary N) is 1. The highest BCUT2D eigenvalue weighted by atomic mass is 16.5. The molecular formula is C18H19NO. The monoisotopic (exact) mass is 265 g/mol. The van der Waals surface area contributed by atoms with Crippen molar-refractivity contribution in [2.45, 2.75) is 18.4 Å². The minimum atomic E-state index is -0.413. The first-order valence-electron chi connectivity index (χ1n) is 6.86. The third-order valence-corrected chi connectivity index (χ3v) is 3.94. The lowest BCUT2D eigenvalue weighted by molar-refractivity contribution is 0.190. The van der Waals surface area contributed by atoms with E-state index in [-0.39, 0.29) is 5.92 Å². The Morgan fingerprint density at radius 2 is 1.95 bits per heavy atom. The molecule has 102 valence electrons. The van der Waals surface area contributed by atoms with Gasteiger partial charge >= 0.3 is 0 Å². The summed E-state index contributed by atoms with van der Waals surface area (Å²) in [5, 5.41) is 0. The number of fused-ring (bicyclic) bond motifs is 1. The van der Waals surface area contributed by atoms with E-state index >= 15 is 0 Å². The molecule has 0 aromatic heterocycles. The van der Waals surface area contributed by atoms with Gasteiger partial charge in [0.2, 0.25) is 0 Å².